The van der Waals surface area contributed by atoms with Crippen LogP contribution < -0.4 is 5.73 Å². The molecule has 0 amide bonds. The lowest BCUT2D eigenvalue weighted by molar-refractivity contribution is 0.101. The average Bonchev–Trinajstić information content (AvgIpc) is 2.82. The van der Waals surface area contributed by atoms with Gasteiger partial charge in [-0.2, -0.15) is 0 Å². The van der Waals surface area contributed by atoms with E-state index in [1.807, 2.05) is 0 Å². The Morgan fingerprint density at radius 1 is 1.53 bits per heavy atom. The molecule has 2 rings (SSSR count). The van der Waals surface area contributed by atoms with Crippen molar-refractivity contribution in [2.45, 2.75) is 37.8 Å². The molecule has 1 heterocycles. The van der Waals surface area contributed by atoms with E-state index in [2.05, 4.69) is 0 Å². The monoisotopic (exact) mass is 257 g/mol. The zero-order valence-corrected chi connectivity index (χ0v) is 10.4. The van der Waals surface area contributed by atoms with E-state index in [4.69, 9.17) is 22.1 Å². The molecule has 1 fully saturated rings. The number of rotatable bonds is 4. The molecule has 94 valence electrons. The van der Waals surface area contributed by atoms with Crippen LogP contribution in [0.25, 0.3) is 0 Å². The highest BCUT2D eigenvalue weighted by atomic mass is 35.5. The standard InChI is InChI=1S/C13H17ClFNO/c14-13-10(4-1-5-11(13)15)12(16)7-6-9-3-2-8-17-9/h1,4-5,9,12H,2-3,6-8,16H2. The topological polar surface area (TPSA) is 35.2 Å². The number of nitrogens with two attached hydrogens (primary N) is 1. The fourth-order valence-corrected chi connectivity index (χ4v) is 2.47. The molecule has 2 atom stereocenters. The smallest absolute Gasteiger partial charge is 0.142 e. The van der Waals surface area contributed by atoms with Gasteiger partial charge in [0.2, 0.25) is 0 Å². The van der Waals surface area contributed by atoms with Gasteiger partial charge in [-0.15, -0.1) is 0 Å². The van der Waals surface area contributed by atoms with Gasteiger partial charge in [-0.1, -0.05) is 23.7 Å². The molecule has 1 aromatic rings. The third-order valence-corrected chi connectivity index (χ3v) is 3.60. The van der Waals surface area contributed by atoms with Crippen LogP contribution in [0.5, 0.6) is 0 Å². The fraction of sp³-hybridized carbons (Fsp3) is 0.538. The Morgan fingerprint density at radius 2 is 2.35 bits per heavy atom. The summed E-state index contributed by atoms with van der Waals surface area (Å²) in [5, 5.41) is 0.146. The van der Waals surface area contributed by atoms with Crippen LogP contribution in [0.3, 0.4) is 0 Å². The molecule has 0 aromatic heterocycles. The van der Waals surface area contributed by atoms with Crippen molar-refractivity contribution < 1.29 is 9.13 Å². The summed E-state index contributed by atoms with van der Waals surface area (Å²) in [6, 6.07) is 4.55. The van der Waals surface area contributed by atoms with Crippen LogP contribution in [-0.2, 0) is 4.74 Å². The maximum Gasteiger partial charge on any atom is 0.142 e. The summed E-state index contributed by atoms with van der Waals surface area (Å²) in [5.74, 6) is -0.406. The SMILES string of the molecule is NC(CCC1CCCO1)c1cccc(F)c1Cl. The van der Waals surface area contributed by atoms with Gasteiger partial charge in [-0.05, 0) is 37.3 Å². The molecular formula is C13H17ClFNO. The van der Waals surface area contributed by atoms with Crippen molar-refractivity contribution in [2.75, 3.05) is 6.61 Å². The van der Waals surface area contributed by atoms with Crippen molar-refractivity contribution in [1.29, 1.82) is 0 Å². The van der Waals surface area contributed by atoms with Crippen LogP contribution in [-0.4, -0.2) is 12.7 Å². The summed E-state index contributed by atoms with van der Waals surface area (Å²) in [5.41, 5.74) is 6.72. The first-order valence-electron chi connectivity index (χ1n) is 5.99. The van der Waals surface area contributed by atoms with Crippen LogP contribution in [0.2, 0.25) is 5.02 Å². The summed E-state index contributed by atoms with van der Waals surface area (Å²) in [6.07, 6.45) is 4.22. The lowest BCUT2D eigenvalue weighted by atomic mass is 10.00. The highest BCUT2D eigenvalue weighted by Crippen LogP contribution is 2.28. The van der Waals surface area contributed by atoms with Crippen LogP contribution in [0.4, 0.5) is 4.39 Å². The third-order valence-electron chi connectivity index (χ3n) is 3.20. The minimum atomic E-state index is -0.406. The van der Waals surface area contributed by atoms with Gasteiger partial charge in [0.1, 0.15) is 5.82 Å². The third kappa shape index (κ3) is 3.18. The lowest BCUT2D eigenvalue weighted by Crippen LogP contribution is -2.15. The Kier molecular flexibility index (Phi) is 4.37. The molecule has 1 aromatic carbocycles. The van der Waals surface area contributed by atoms with E-state index in [1.165, 1.54) is 6.07 Å². The minimum Gasteiger partial charge on any atom is -0.378 e. The van der Waals surface area contributed by atoms with Crippen LogP contribution in [0, 0.1) is 5.82 Å². The number of benzene rings is 1. The summed E-state index contributed by atoms with van der Waals surface area (Å²) in [7, 11) is 0. The van der Waals surface area contributed by atoms with E-state index >= 15 is 0 Å². The molecule has 0 spiro atoms. The van der Waals surface area contributed by atoms with Gasteiger partial charge in [-0.3, -0.25) is 0 Å². The van der Waals surface area contributed by atoms with E-state index in [1.54, 1.807) is 12.1 Å². The van der Waals surface area contributed by atoms with Crippen molar-refractivity contribution in [1.82, 2.24) is 0 Å². The predicted octanol–water partition coefficient (Wildman–Crippen LogP) is 3.44. The Morgan fingerprint density at radius 3 is 3.06 bits per heavy atom. The zero-order chi connectivity index (χ0) is 12.3. The number of halogens is 2. The highest BCUT2D eigenvalue weighted by Gasteiger charge is 2.18. The van der Waals surface area contributed by atoms with E-state index in [0.717, 1.165) is 32.3 Å². The first-order chi connectivity index (χ1) is 8.18. The van der Waals surface area contributed by atoms with Gasteiger partial charge in [0.25, 0.3) is 0 Å². The van der Waals surface area contributed by atoms with Crippen molar-refractivity contribution in [3.63, 3.8) is 0 Å². The molecule has 1 saturated heterocycles. The second-order valence-corrected chi connectivity index (χ2v) is 4.84. The number of hydrogen-bond donors (Lipinski definition) is 1. The Labute approximate surface area is 106 Å². The molecule has 2 N–H and O–H groups in total. The fourth-order valence-electron chi connectivity index (χ4n) is 2.20. The second kappa shape index (κ2) is 5.80. The van der Waals surface area contributed by atoms with E-state index in [0.29, 0.717) is 11.7 Å². The molecule has 0 aliphatic carbocycles. The molecule has 4 heteroatoms. The molecule has 2 unspecified atom stereocenters. The molecule has 1 aliphatic rings. The van der Waals surface area contributed by atoms with Crippen molar-refractivity contribution in [2.24, 2.45) is 5.73 Å². The van der Waals surface area contributed by atoms with Crippen LogP contribution in [0.15, 0.2) is 18.2 Å². The number of hydrogen-bond acceptors (Lipinski definition) is 2. The van der Waals surface area contributed by atoms with Gasteiger partial charge < -0.3 is 10.5 Å². The highest BCUT2D eigenvalue weighted by molar-refractivity contribution is 6.31. The average molecular weight is 258 g/mol. The summed E-state index contributed by atoms with van der Waals surface area (Å²) >= 11 is 5.90. The van der Waals surface area contributed by atoms with Gasteiger partial charge in [-0.25, -0.2) is 4.39 Å². The molecule has 0 bridgehead atoms. The van der Waals surface area contributed by atoms with Crippen LogP contribution in [0.1, 0.15) is 37.3 Å². The van der Waals surface area contributed by atoms with Crippen molar-refractivity contribution >= 4 is 11.6 Å². The van der Waals surface area contributed by atoms with E-state index < -0.39 is 5.82 Å². The molecule has 1 aliphatic heterocycles. The normalized spacial score (nSPS) is 21.7. The lowest BCUT2D eigenvalue weighted by Gasteiger charge is -2.16. The maximum atomic E-state index is 13.3. The summed E-state index contributed by atoms with van der Waals surface area (Å²) < 4.78 is 18.8. The Hall–Kier alpha value is -0.640. The first-order valence-corrected chi connectivity index (χ1v) is 6.37. The largest absolute Gasteiger partial charge is 0.378 e. The minimum absolute atomic E-state index is 0.146. The van der Waals surface area contributed by atoms with E-state index in [9.17, 15) is 4.39 Å². The molecule has 0 radical (unpaired) electrons. The van der Waals surface area contributed by atoms with Gasteiger partial charge >= 0.3 is 0 Å². The summed E-state index contributed by atoms with van der Waals surface area (Å²) in [6.45, 7) is 0.848. The van der Waals surface area contributed by atoms with Crippen molar-refractivity contribution in [3.8, 4) is 0 Å². The molecule has 2 nitrogen and oxygen atoms in total. The Bertz CT molecular complexity index is 380. The first kappa shape index (κ1) is 12.8. The predicted molar refractivity (Wildman–Crippen MR) is 66.5 cm³/mol. The quantitative estimate of drug-likeness (QED) is 0.897. The van der Waals surface area contributed by atoms with Gasteiger partial charge in [0.15, 0.2) is 0 Å². The van der Waals surface area contributed by atoms with Crippen LogP contribution >= 0.6 is 11.6 Å². The maximum absolute atomic E-state index is 13.3. The second-order valence-electron chi connectivity index (χ2n) is 4.46. The van der Waals surface area contributed by atoms with Crippen molar-refractivity contribution in [3.05, 3.63) is 34.6 Å². The van der Waals surface area contributed by atoms with Gasteiger partial charge in [0.05, 0.1) is 11.1 Å². The zero-order valence-electron chi connectivity index (χ0n) is 9.66. The molecular weight excluding hydrogens is 241 g/mol. The number of ether oxygens (including phenoxy) is 1. The molecule has 0 saturated carbocycles. The molecule has 17 heavy (non-hydrogen) atoms. The van der Waals surface area contributed by atoms with E-state index in [-0.39, 0.29) is 11.1 Å². The Balaban J connectivity index is 1.94. The summed E-state index contributed by atoms with van der Waals surface area (Å²) in [4.78, 5) is 0. The van der Waals surface area contributed by atoms with Gasteiger partial charge in [0, 0.05) is 12.6 Å².